The summed E-state index contributed by atoms with van der Waals surface area (Å²) in [7, 11) is 0. The lowest BCUT2D eigenvalue weighted by Crippen LogP contribution is -2.45. The van der Waals surface area contributed by atoms with E-state index in [1.165, 1.54) is 0 Å². The summed E-state index contributed by atoms with van der Waals surface area (Å²) in [4.78, 5) is 1.85. The standard InChI is InChI=1S/C13H17F2N/c1-11-7-13(14,15)10-16(8-11)9-12-5-3-2-4-6-12/h2-6,11H,7-10H2,1H3/t11-/m1/s1. The molecule has 1 aromatic rings. The maximum atomic E-state index is 13.4. The molecule has 2 rings (SSSR count). The van der Waals surface area contributed by atoms with Crippen LogP contribution < -0.4 is 0 Å². The molecule has 0 saturated carbocycles. The highest BCUT2D eigenvalue weighted by Crippen LogP contribution is 2.30. The molecule has 0 aromatic heterocycles. The normalized spacial score (nSPS) is 25.6. The summed E-state index contributed by atoms with van der Waals surface area (Å²) in [5, 5.41) is 0. The van der Waals surface area contributed by atoms with Crippen LogP contribution in [0, 0.1) is 5.92 Å². The Balaban J connectivity index is 2.00. The van der Waals surface area contributed by atoms with Crippen molar-refractivity contribution < 1.29 is 8.78 Å². The molecule has 1 heterocycles. The lowest BCUT2D eigenvalue weighted by Gasteiger charge is -2.36. The van der Waals surface area contributed by atoms with E-state index in [1.807, 2.05) is 42.2 Å². The van der Waals surface area contributed by atoms with Crippen LogP contribution in [-0.2, 0) is 6.54 Å². The Morgan fingerprint density at radius 3 is 2.62 bits per heavy atom. The van der Waals surface area contributed by atoms with Gasteiger partial charge >= 0.3 is 0 Å². The minimum Gasteiger partial charge on any atom is -0.293 e. The number of likely N-dealkylation sites (tertiary alicyclic amines) is 1. The second-order valence-corrected chi connectivity index (χ2v) is 4.82. The molecule has 1 saturated heterocycles. The molecule has 0 unspecified atom stereocenters. The molecule has 88 valence electrons. The first-order valence-electron chi connectivity index (χ1n) is 5.69. The molecule has 0 spiro atoms. The highest BCUT2D eigenvalue weighted by atomic mass is 19.3. The highest BCUT2D eigenvalue weighted by Gasteiger charge is 2.38. The number of halogens is 2. The summed E-state index contributed by atoms with van der Waals surface area (Å²) in [6, 6.07) is 9.80. The molecular formula is C13H17F2N. The number of rotatable bonds is 2. The van der Waals surface area contributed by atoms with E-state index in [-0.39, 0.29) is 18.9 Å². The zero-order chi connectivity index (χ0) is 11.6. The van der Waals surface area contributed by atoms with Gasteiger partial charge < -0.3 is 0 Å². The molecule has 0 bridgehead atoms. The molecule has 16 heavy (non-hydrogen) atoms. The molecule has 1 aliphatic heterocycles. The first-order valence-corrected chi connectivity index (χ1v) is 5.69. The Morgan fingerprint density at radius 2 is 2.00 bits per heavy atom. The van der Waals surface area contributed by atoms with Crippen molar-refractivity contribution in [1.82, 2.24) is 4.90 Å². The van der Waals surface area contributed by atoms with Crippen molar-refractivity contribution >= 4 is 0 Å². The summed E-state index contributed by atoms with van der Waals surface area (Å²) in [5.74, 6) is -2.45. The minimum atomic E-state index is -2.52. The van der Waals surface area contributed by atoms with E-state index in [9.17, 15) is 8.78 Å². The summed E-state index contributed by atoms with van der Waals surface area (Å²) in [5.41, 5.74) is 1.10. The van der Waals surface area contributed by atoms with Gasteiger partial charge in [-0.2, -0.15) is 0 Å². The number of nitrogens with zero attached hydrogens (tertiary/aromatic N) is 1. The number of benzene rings is 1. The Hall–Kier alpha value is -0.960. The molecule has 1 aromatic carbocycles. The maximum Gasteiger partial charge on any atom is 0.260 e. The van der Waals surface area contributed by atoms with Crippen LogP contribution in [0.15, 0.2) is 30.3 Å². The zero-order valence-corrected chi connectivity index (χ0v) is 9.50. The van der Waals surface area contributed by atoms with Crippen molar-refractivity contribution in [2.45, 2.75) is 25.8 Å². The number of hydrogen-bond donors (Lipinski definition) is 0. The maximum absolute atomic E-state index is 13.4. The van der Waals surface area contributed by atoms with Crippen molar-refractivity contribution in [3.63, 3.8) is 0 Å². The van der Waals surface area contributed by atoms with Crippen LogP contribution in [-0.4, -0.2) is 23.9 Å². The van der Waals surface area contributed by atoms with Gasteiger partial charge in [0.2, 0.25) is 0 Å². The number of hydrogen-bond acceptors (Lipinski definition) is 1. The van der Waals surface area contributed by atoms with Gasteiger partial charge in [-0.1, -0.05) is 37.3 Å². The third kappa shape index (κ3) is 3.01. The van der Waals surface area contributed by atoms with Crippen LogP contribution in [0.5, 0.6) is 0 Å². The van der Waals surface area contributed by atoms with Gasteiger partial charge in [-0.05, 0) is 11.5 Å². The Bertz CT molecular complexity index is 337. The fourth-order valence-corrected chi connectivity index (χ4v) is 2.43. The smallest absolute Gasteiger partial charge is 0.260 e. The monoisotopic (exact) mass is 225 g/mol. The summed E-state index contributed by atoms with van der Waals surface area (Å²) < 4.78 is 26.7. The average Bonchev–Trinajstić information content (AvgIpc) is 2.15. The largest absolute Gasteiger partial charge is 0.293 e. The Morgan fingerprint density at radius 1 is 1.31 bits per heavy atom. The van der Waals surface area contributed by atoms with E-state index < -0.39 is 5.92 Å². The molecule has 1 nitrogen and oxygen atoms in total. The van der Waals surface area contributed by atoms with Crippen molar-refractivity contribution in [1.29, 1.82) is 0 Å². The van der Waals surface area contributed by atoms with Gasteiger partial charge in [-0.15, -0.1) is 0 Å². The Kier molecular flexibility index (Phi) is 3.24. The Labute approximate surface area is 95.1 Å². The first kappa shape index (κ1) is 11.5. The second kappa shape index (κ2) is 4.50. The van der Waals surface area contributed by atoms with Crippen LogP contribution in [0.3, 0.4) is 0 Å². The van der Waals surface area contributed by atoms with E-state index in [2.05, 4.69) is 0 Å². The van der Waals surface area contributed by atoms with E-state index in [4.69, 9.17) is 0 Å². The van der Waals surface area contributed by atoms with E-state index in [0.29, 0.717) is 6.54 Å². The summed E-state index contributed by atoms with van der Waals surface area (Å²) in [6.07, 6.45) is 0.0261. The van der Waals surface area contributed by atoms with Crippen LogP contribution in [0.4, 0.5) is 8.78 Å². The molecule has 1 aliphatic rings. The van der Waals surface area contributed by atoms with Gasteiger partial charge in [0.25, 0.3) is 5.92 Å². The lowest BCUT2D eigenvalue weighted by molar-refractivity contribution is -0.0836. The third-order valence-corrected chi connectivity index (χ3v) is 2.92. The van der Waals surface area contributed by atoms with Crippen molar-refractivity contribution in [3.05, 3.63) is 35.9 Å². The quantitative estimate of drug-likeness (QED) is 0.747. The van der Waals surface area contributed by atoms with Crippen LogP contribution in [0.2, 0.25) is 0 Å². The van der Waals surface area contributed by atoms with Crippen LogP contribution >= 0.6 is 0 Å². The van der Waals surface area contributed by atoms with E-state index in [0.717, 1.165) is 12.1 Å². The molecule has 0 aliphatic carbocycles. The topological polar surface area (TPSA) is 3.24 Å². The van der Waals surface area contributed by atoms with E-state index >= 15 is 0 Å². The lowest BCUT2D eigenvalue weighted by atomic mass is 9.96. The van der Waals surface area contributed by atoms with Crippen molar-refractivity contribution in [3.8, 4) is 0 Å². The zero-order valence-electron chi connectivity index (χ0n) is 9.50. The van der Waals surface area contributed by atoms with E-state index in [1.54, 1.807) is 0 Å². The predicted molar refractivity (Wildman–Crippen MR) is 60.4 cm³/mol. The SMILES string of the molecule is C[C@H]1CN(Cc2ccccc2)CC(F)(F)C1. The van der Waals surface area contributed by atoms with Gasteiger partial charge in [0, 0.05) is 19.5 Å². The fraction of sp³-hybridized carbons (Fsp3) is 0.538. The second-order valence-electron chi connectivity index (χ2n) is 4.82. The molecular weight excluding hydrogens is 208 g/mol. The summed E-state index contributed by atoms with van der Waals surface area (Å²) in [6.45, 7) is 3.18. The molecule has 0 radical (unpaired) electrons. The minimum absolute atomic E-state index is 0.0261. The van der Waals surface area contributed by atoms with Crippen LogP contribution in [0.25, 0.3) is 0 Å². The fourth-order valence-electron chi connectivity index (χ4n) is 2.43. The van der Waals surface area contributed by atoms with Gasteiger partial charge in [0.15, 0.2) is 0 Å². The van der Waals surface area contributed by atoms with Crippen molar-refractivity contribution in [2.75, 3.05) is 13.1 Å². The molecule has 1 fully saturated rings. The van der Waals surface area contributed by atoms with Crippen molar-refractivity contribution in [2.24, 2.45) is 5.92 Å². The number of piperidine rings is 1. The average molecular weight is 225 g/mol. The predicted octanol–water partition coefficient (Wildman–Crippen LogP) is 3.16. The highest BCUT2D eigenvalue weighted by molar-refractivity contribution is 5.14. The molecule has 0 amide bonds. The van der Waals surface area contributed by atoms with Crippen LogP contribution in [0.1, 0.15) is 18.9 Å². The summed E-state index contributed by atoms with van der Waals surface area (Å²) >= 11 is 0. The van der Waals surface area contributed by atoms with Gasteiger partial charge in [0.05, 0.1) is 6.54 Å². The first-order chi connectivity index (χ1) is 7.55. The van der Waals surface area contributed by atoms with Gasteiger partial charge in [-0.25, -0.2) is 8.78 Å². The third-order valence-electron chi connectivity index (χ3n) is 2.92. The molecule has 3 heteroatoms. The molecule has 1 atom stereocenters. The van der Waals surface area contributed by atoms with Gasteiger partial charge in [-0.3, -0.25) is 4.90 Å². The molecule has 0 N–H and O–H groups in total. The van der Waals surface area contributed by atoms with Gasteiger partial charge in [0.1, 0.15) is 0 Å². The number of alkyl halides is 2.